The molecule has 34 heavy (non-hydrogen) atoms. The second-order valence-corrected chi connectivity index (χ2v) is 6.29. The maximum absolute atomic E-state index is 13.6. The fraction of sp³-hybridized carbons (Fsp3) is 0.714. The molecule has 0 saturated heterocycles. The van der Waals surface area contributed by atoms with Gasteiger partial charge >= 0.3 is 48.4 Å². The molecule has 4 nitrogen and oxygen atoms in total. The zero-order chi connectivity index (χ0) is 27.9. The third-order valence-corrected chi connectivity index (χ3v) is 3.96. The van der Waals surface area contributed by atoms with Gasteiger partial charge in [-0.05, 0) is 11.1 Å². The van der Waals surface area contributed by atoms with Gasteiger partial charge in [-0.2, -0.15) is 52.7 Å². The van der Waals surface area contributed by atoms with Crippen molar-refractivity contribution in [3.63, 3.8) is 0 Å². The van der Waals surface area contributed by atoms with Crippen LogP contribution in [0.4, 0.5) is 70.2 Å². The maximum Gasteiger partial charge on any atom is 0.378 e. The summed E-state index contributed by atoms with van der Waals surface area (Å²) in [6.07, 6.45) is -18.6. The first kappa shape index (κ1) is 31.6. The number of alkyl halides is 16. The van der Waals surface area contributed by atoms with Crippen LogP contribution < -0.4 is 10.2 Å². The third-order valence-electron chi connectivity index (χ3n) is 3.96. The number of halogens is 16. The van der Waals surface area contributed by atoms with Crippen LogP contribution in [-0.4, -0.2) is 60.3 Å². The fourth-order valence-corrected chi connectivity index (χ4v) is 2.03. The average Bonchev–Trinajstić information content (AvgIpc) is 2.62. The zero-order valence-corrected chi connectivity index (χ0v) is 15.2. The highest BCUT2D eigenvalue weighted by Gasteiger charge is 2.76. The van der Waals surface area contributed by atoms with Gasteiger partial charge in [-0.1, -0.05) is 0 Å². The average molecular weight is 542 g/mol. The van der Waals surface area contributed by atoms with E-state index in [4.69, 9.17) is 0 Å². The highest BCUT2D eigenvalue weighted by atomic mass is 19.4. The highest BCUT2D eigenvalue weighted by molar-refractivity contribution is 5.97. The lowest BCUT2D eigenvalue weighted by atomic mass is 9.90. The predicted molar refractivity (Wildman–Crippen MR) is 68.0 cm³/mol. The summed E-state index contributed by atoms with van der Waals surface area (Å²) in [5.41, 5.74) is -6.38. The van der Waals surface area contributed by atoms with E-state index in [1.165, 1.54) is 0 Å². The molecule has 0 radical (unpaired) electrons. The third kappa shape index (κ3) is 5.28. The summed E-state index contributed by atoms with van der Waals surface area (Å²) in [6.45, 7) is 0. The van der Waals surface area contributed by atoms with Gasteiger partial charge in [-0.3, -0.25) is 0 Å². The van der Waals surface area contributed by atoms with Crippen LogP contribution in [0.5, 0.6) is 0 Å². The number of aliphatic carboxylic acids is 2. The molecule has 0 aromatic heterocycles. The molecular formula is C14H6F16O4-2. The smallest absolute Gasteiger partial charge is 0.378 e. The van der Waals surface area contributed by atoms with E-state index in [1.807, 2.05) is 0 Å². The Bertz CT molecular complexity index is 751. The molecule has 20 heteroatoms. The van der Waals surface area contributed by atoms with E-state index in [2.05, 4.69) is 0 Å². The zero-order valence-electron chi connectivity index (χ0n) is 15.2. The van der Waals surface area contributed by atoms with Crippen molar-refractivity contribution < 1.29 is 90.0 Å². The van der Waals surface area contributed by atoms with Crippen molar-refractivity contribution in [3.05, 3.63) is 11.1 Å². The normalized spacial score (nSPS) is 15.6. The van der Waals surface area contributed by atoms with Gasteiger partial charge in [0.1, 0.15) is 0 Å². The minimum Gasteiger partial charge on any atom is -0.545 e. The SMILES string of the molecule is O=C([O-])/C(CC(F)(F)C(F)(F)C(F)(F)C(F)F)=C(/CC(F)(F)C(F)(F)C(F)(F)C(F)F)C(=O)[O-]. The predicted octanol–water partition coefficient (Wildman–Crippen LogP) is 2.91. The Morgan fingerprint density at radius 3 is 0.882 bits per heavy atom. The van der Waals surface area contributed by atoms with E-state index in [0.29, 0.717) is 0 Å². The Morgan fingerprint density at radius 2 is 0.735 bits per heavy atom. The minimum atomic E-state index is -7.26. The monoisotopic (exact) mass is 542 g/mol. The van der Waals surface area contributed by atoms with Gasteiger partial charge in [-0.15, -0.1) is 0 Å². The molecule has 0 aromatic rings. The quantitative estimate of drug-likeness (QED) is 0.281. The molecule has 0 bridgehead atoms. The molecule has 0 heterocycles. The first-order chi connectivity index (χ1) is 14.7. The highest BCUT2D eigenvalue weighted by Crippen LogP contribution is 2.53. The van der Waals surface area contributed by atoms with E-state index in [9.17, 15) is 90.0 Å². The molecule has 0 unspecified atom stereocenters. The molecule has 0 aliphatic rings. The molecule has 0 atom stereocenters. The number of carboxylic acids is 2. The van der Waals surface area contributed by atoms with Crippen LogP contribution in [0.1, 0.15) is 12.8 Å². The summed E-state index contributed by atoms with van der Waals surface area (Å²) >= 11 is 0. The molecule has 0 fully saturated rings. The molecule has 0 amide bonds. The number of carbonyl (C=O) groups is 2. The van der Waals surface area contributed by atoms with Crippen LogP contribution in [-0.2, 0) is 9.59 Å². The largest absolute Gasteiger partial charge is 0.545 e. The number of hydrogen-bond acceptors (Lipinski definition) is 4. The standard InChI is InChI=1S/C14H8F16O4/c15-7(16)11(23,24)13(27,28)9(19,20)1-3(5(31)32)4(6(33)34)2-10(21,22)14(29,30)12(25,26)8(17)18/h7-8H,1-2H2,(H,31,32)(H,33,34)/p-2/b4-3-. The van der Waals surface area contributed by atoms with Crippen molar-refractivity contribution >= 4 is 11.9 Å². The lowest BCUT2D eigenvalue weighted by Gasteiger charge is -2.35. The lowest BCUT2D eigenvalue weighted by molar-refractivity contribution is -0.341. The van der Waals surface area contributed by atoms with Crippen LogP contribution >= 0.6 is 0 Å². The van der Waals surface area contributed by atoms with Gasteiger partial charge in [0.25, 0.3) is 0 Å². The molecular weight excluding hydrogens is 536 g/mol. The van der Waals surface area contributed by atoms with E-state index in [-0.39, 0.29) is 0 Å². The summed E-state index contributed by atoms with van der Waals surface area (Å²) in [5, 5.41) is 21.6. The first-order valence-electron chi connectivity index (χ1n) is 7.70. The molecule has 0 aliphatic carbocycles. The molecule has 0 N–H and O–H groups in total. The Labute approximate surface area is 175 Å². The van der Waals surface area contributed by atoms with Gasteiger partial charge in [0.05, 0.1) is 11.9 Å². The van der Waals surface area contributed by atoms with E-state index >= 15 is 0 Å². The minimum absolute atomic E-state index is 3.19. The van der Waals surface area contributed by atoms with Gasteiger partial charge in [0.2, 0.25) is 0 Å². The van der Waals surface area contributed by atoms with Crippen molar-refractivity contribution in [1.82, 2.24) is 0 Å². The van der Waals surface area contributed by atoms with Crippen molar-refractivity contribution in [3.8, 4) is 0 Å². The Balaban J connectivity index is 6.78. The molecule has 0 aliphatic heterocycles. The number of rotatable bonds is 12. The van der Waals surface area contributed by atoms with Crippen molar-refractivity contribution in [1.29, 1.82) is 0 Å². The van der Waals surface area contributed by atoms with E-state index in [0.717, 1.165) is 0 Å². The van der Waals surface area contributed by atoms with Crippen LogP contribution in [0, 0.1) is 0 Å². The molecule has 0 spiro atoms. The topological polar surface area (TPSA) is 80.3 Å². The maximum atomic E-state index is 13.6. The second kappa shape index (κ2) is 9.31. The Morgan fingerprint density at radius 1 is 0.529 bits per heavy atom. The summed E-state index contributed by atoms with van der Waals surface area (Å²) in [6, 6.07) is 0. The second-order valence-electron chi connectivity index (χ2n) is 6.29. The Hall–Kier alpha value is -2.44. The fourth-order valence-electron chi connectivity index (χ4n) is 2.03. The van der Waals surface area contributed by atoms with Crippen LogP contribution in [0.25, 0.3) is 0 Å². The van der Waals surface area contributed by atoms with Gasteiger partial charge in [-0.25, -0.2) is 17.6 Å². The molecule has 0 saturated carbocycles. The van der Waals surface area contributed by atoms with Gasteiger partial charge in [0, 0.05) is 12.8 Å². The lowest BCUT2D eigenvalue weighted by Crippen LogP contribution is -2.58. The molecule has 200 valence electrons. The van der Waals surface area contributed by atoms with Crippen molar-refractivity contribution in [2.75, 3.05) is 0 Å². The first-order valence-corrected chi connectivity index (χ1v) is 7.70. The summed E-state index contributed by atoms with van der Waals surface area (Å²) in [4.78, 5) is 21.6. The van der Waals surface area contributed by atoms with Gasteiger partial charge in [0.15, 0.2) is 0 Å². The van der Waals surface area contributed by atoms with E-state index in [1.54, 1.807) is 0 Å². The van der Waals surface area contributed by atoms with Gasteiger partial charge < -0.3 is 19.8 Å². The number of hydrogen-bond donors (Lipinski definition) is 0. The summed E-state index contributed by atoms with van der Waals surface area (Å²) in [5.74, 6) is -49.2. The molecule has 0 aromatic carbocycles. The number of carbonyl (C=O) groups excluding carboxylic acids is 2. The number of carboxylic acid groups (broad SMARTS) is 2. The van der Waals surface area contributed by atoms with Crippen molar-refractivity contribution in [2.24, 2.45) is 0 Å². The van der Waals surface area contributed by atoms with Crippen LogP contribution in [0.2, 0.25) is 0 Å². The van der Waals surface area contributed by atoms with E-state index < -0.39 is 84.3 Å². The Kier molecular flexibility index (Phi) is 8.64. The van der Waals surface area contributed by atoms with Crippen LogP contribution in [0.3, 0.4) is 0 Å². The summed E-state index contributed by atoms with van der Waals surface area (Å²) < 4.78 is 207. The molecule has 0 rings (SSSR count). The van der Waals surface area contributed by atoms with Crippen LogP contribution in [0.15, 0.2) is 11.1 Å². The van der Waals surface area contributed by atoms with Crippen molar-refractivity contribution in [2.45, 2.75) is 61.2 Å². The summed E-state index contributed by atoms with van der Waals surface area (Å²) in [7, 11) is 0.